The van der Waals surface area contributed by atoms with Gasteiger partial charge in [-0.05, 0) is 170 Å². The van der Waals surface area contributed by atoms with Crippen LogP contribution in [0.3, 0.4) is 0 Å². The van der Waals surface area contributed by atoms with Gasteiger partial charge in [-0.25, -0.2) is 0 Å². The first-order chi connectivity index (χ1) is 19.4. The van der Waals surface area contributed by atoms with Crippen molar-refractivity contribution in [3.05, 3.63) is 24.3 Å². The molecule has 10 atom stereocenters. The number of hydrogen-bond acceptors (Lipinski definition) is 0. The van der Waals surface area contributed by atoms with Crippen LogP contribution in [0.2, 0.25) is 0 Å². The van der Waals surface area contributed by atoms with E-state index in [2.05, 4.69) is 68.5 Å². The average Bonchev–Trinajstić information content (AvgIpc) is 3.17. The first-order valence-corrected chi connectivity index (χ1v) is 18.8. The van der Waals surface area contributed by atoms with E-state index in [1.54, 1.807) is 11.1 Å². The molecule has 2 spiro atoms. The highest BCUT2D eigenvalue weighted by Gasteiger charge is 2.66. The number of rotatable bonds is 0. The second kappa shape index (κ2) is 11.3. The van der Waals surface area contributed by atoms with Crippen LogP contribution in [0.15, 0.2) is 24.3 Å². The van der Waals surface area contributed by atoms with Gasteiger partial charge < -0.3 is 0 Å². The summed E-state index contributed by atoms with van der Waals surface area (Å²) < 4.78 is 0. The normalized spacial score (nSPS) is 51.3. The van der Waals surface area contributed by atoms with E-state index >= 15 is 0 Å². The highest BCUT2D eigenvalue weighted by molar-refractivity contribution is 5.28. The molecule has 45 heavy (non-hydrogen) atoms. The molecule has 4 unspecified atom stereocenters. The predicted molar refractivity (Wildman–Crippen MR) is 200 cm³/mol. The maximum atomic E-state index is 4.51. The van der Waals surface area contributed by atoms with Crippen LogP contribution in [-0.4, -0.2) is 0 Å². The minimum absolute atomic E-state index is 0. The Balaban J connectivity index is 0.000000192. The molecule has 0 amide bonds. The van der Waals surface area contributed by atoms with Crippen molar-refractivity contribution in [3.63, 3.8) is 0 Å². The zero-order valence-corrected chi connectivity index (χ0v) is 29.5. The Morgan fingerprint density at radius 1 is 0.444 bits per heavy atom. The third-order valence-electron chi connectivity index (χ3n) is 17.8. The third-order valence-corrected chi connectivity index (χ3v) is 17.8. The molecule has 8 saturated carbocycles. The van der Waals surface area contributed by atoms with E-state index in [1.165, 1.54) is 116 Å². The molecule has 0 saturated heterocycles. The Hall–Kier alpha value is -0.520. The quantitative estimate of drug-likeness (QED) is 0.236. The van der Waals surface area contributed by atoms with Crippen molar-refractivity contribution in [2.45, 2.75) is 193 Å². The Kier molecular flexibility index (Phi) is 9.33. The van der Waals surface area contributed by atoms with Gasteiger partial charge in [0.1, 0.15) is 0 Å². The summed E-state index contributed by atoms with van der Waals surface area (Å²) in [6.07, 6.45) is 26.3. The minimum atomic E-state index is 0. The molecule has 0 aromatic heterocycles. The molecule has 8 fully saturated rings. The SMILES string of the molecule is C.C.C.C=C1C[C@@]23CCC4C(C)(C)CCC[C@@]4(C)C2CC[C@]1(C)C3.C=C1C[C@@]23CCC4C(C)(C)CCC[C@@]4(C)C2CC[C@]1(C)C3. The van der Waals surface area contributed by atoms with E-state index in [0.717, 1.165) is 23.7 Å². The Morgan fingerprint density at radius 2 is 0.778 bits per heavy atom. The Bertz CT molecular complexity index is 1060. The van der Waals surface area contributed by atoms with E-state index in [-0.39, 0.29) is 22.3 Å². The number of allylic oxidation sites excluding steroid dienone is 2. The van der Waals surface area contributed by atoms with Crippen LogP contribution >= 0.6 is 0 Å². The zero-order valence-electron chi connectivity index (χ0n) is 29.5. The van der Waals surface area contributed by atoms with E-state index in [0.29, 0.717) is 43.3 Å². The van der Waals surface area contributed by atoms with Gasteiger partial charge in [0.05, 0.1) is 0 Å². The summed E-state index contributed by atoms with van der Waals surface area (Å²) in [6, 6.07) is 0. The molecule has 4 bridgehead atoms. The van der Waals surface area contributed by atoms with Gasteiger partial charge in [-0.2, -0.15) is 0 Å². The Labute approximate surface area is 283 Å². The fourth-order valence-corrected chi connectivity index (χ4v) is 16.0. The van der Waals surface area contributed by atoms with Crippen molar-refractivity contribution in [2.24, 2.45) is 67.0 Å². The highest BCUT2D eigenvalue weighted by atomic mass is 14.7. The second-order valence-corrected chi connectivity index (χ2v) is 20.8. The number of fused-ring (bicyclic) bond motifs is 6. The van der Waals surface area contributed by atoms with Crippen LogP contribution in [-0.2, 0) is 0 Å². The van der Waals surface area contributed by atoms with E-state index in [4.69, 9.17) is 0 Å². The molecule has 0 nitrogen and oxygen atoms in total. The second-order valence-electron chi connectivity index (χ2n) is 20.8. The van der Waals surface area contributed by atoms with Crippen molar-refractivity contribution < 1.29 is 0 Å². The van der Waals surface area contributed by atoms with Crippen LogP contribution in [0.1, 0.15) is 193 Å². The van der Waals surface area contributed by atoms with Crippen LogP contribution in [0.25, 0.3) is 0 Å². The van der Waals surface area contributed by atoms with Crippen molar-refractivity contribution in [1.29, 1.82) is 0 Å². The van der Waals surface area contributed by atoms with E-state index in [9.17, 15) is 0 Å². The fraction of sp³-hybridized carbons (Fsp3) is 0.911. The van der Waals surface area contributed by atoms with Crippen molar-refractivity contribution in [2.75, 3.05) is 0 Å². The Morgan fingerprint density at radius 3 is 1.13 bits per heavy atom. The molecular formula is C45H80. The fourth-order valence-electron chi connectivity index (χ4n) is 16.0. The van der Waals surface area contributed by atoms with Gasteiger partial charge in [-0.3, -0.25) is 0 Å². The lowest BCUT2D eigenvalue weighted by Gasteiger charge is -2.64. The molecule has 0 heteroatoms. The van der Waals surface area contributed by atoms with Crippen molar-refractivity contribution in [3.8, 4) is 0 Å². The minimum Gasteiger partial charge on any atom is -0.0993 e. The van der Waals surface area contributed by atoms with Crippen molar-refractivity contribution in [1.82, 2.24) is 0 Å². The van der Waals surface area contributed by atoms with E-state index < -0.39 is 0 Å². The van der Waals surface area contributed by atoms with E-state index in [1.807, 2.05) is 0 Å². The lowest BCUT2D eigenvalue weighted by atomic mass is 9.40. The summed E-state index contributed by atoms with van der Waals surface area (Å²) in [4.78, 5) is 0. The molecule has 8 rings (SSSR count). The predicted octanol–water partition coefficient (Wildman–Crippen LogP) is 14.6. The van der Waals surface area contributed by atoms with Crippen molar-refractivity contribution >= 4 is 0 Å². The lowest BCUT2D eigenvalue weighted by Crippen LogP contribution is -2.56. The molecule has 260 valence electrons. The third kappa shape index (κ3) is 5.07. The van der Waals surface area contributed by atoms with Gasteiger partial charge in [0, 0.05) is 0 Å². The molecule has 8 aliphatic carbocycles. The summed E-state index contributed by atoms with van der Waals surface area (Å²) in [5.74, 6) is 3.89. The molecule has 8 aliphatic rings. The standard InChI is InChI=1S/2C21H34.3CH4/c2*1-15-13-21-12-8-16-18(2,3)9-6-10-20(16,5)17(21)7-11-19(15,4)14-21;;;/h2*16-17H,1,6-14H2,2-5H3;3*1H4/t2*16?,17?,19-,20-,21-;;;/m11.../s1. The summed E-state index contributed by atoms with van der Waals surface area (Å²) >= 11 is 0. The average molecular weight is 621 g/mol. The van der Waals surface area contributed by atoms with Crippen LogP contribution < -0.4 is 0 Å². The van der Waals surface area contributed by atoms with Gasteiger partial charge in [-0.15, -0.1) is 0 Å². The van der Waals surface area contributed by atoms with Crippen LogP contribution in [0, 0.1) is 67.0 Å². The number of hydrogen-bond donors (Lipinski definition) is 0. The van der Waals surface area contributed by atoms with Crippen LogP contribution in [0.4, 0.5) is 0 Å². The molecule has 0 radical (unpaired) electrons. The molecule has 0 aromatic rings. The maximum absolute atomic E-state index is 4.51. The lowest BCUT2D eigenvalue weighted by molar-refractivity contribution is -0.150. The molecule has 0 heterocycles. The highest BCUT2D eigenvalue weighted by Crippen LogP contribution is 2.76. The first kappa shape index (κ1) is 37.3. The van der Waals surface area contributed by atoms with Gasteiger partial charge in [0.25, 0.3) is 0 Å². The van der Waals surface area contributed by atoms with Gasteiger partial charge >= 0.3 is 0 Å². The first-order valence-electron chi connectivity index (χ1n) is 18.8. The topological polar surface area (TPSA) is 0 Å². The largest absolute Gasteiger partial charge is 0.0993 e. The maximum Gasteiger partial charge on any atom is -0.0113 e. The smallest absolute Gasteiger partial charge is 0.0113 e. The van der Waals surface area contributed by atoms with Gasteiger partial charge in [-0.1, -0.05) is 115 Å². The summed E-state index contributed by atoms with van der Waals surface area (Å²) in [5.41, 5.74) is 7.84. The monoisotopic (exact) mass is 621 g/mol. The summed E-state index contributed by atoms with van der Waals surface area (Å²) in [7, 11) is 0. The summed E-state index contributed by atoms with van der Waals surface area (Å²) in [6.45, 7) is 29.7. The van der Waals surface area contributed by atoms with Crippen LogP contribution in [0.5, 0.6) is 0 Å². The molecule has 0 aliphatic heterocycles. The molecule has 0 N–H and O–H groups in total. The zero-order chi connectivity index (χ0) is 30.2. The summed E-state index contributed by atoms with van der Waals surface area (Å²) in [5, 5.41) is 0. The molecular weight excluding hydrogens is 540 g/mol. The van der Waals surface area contributed by atoms with Gasteiger partial charge in [0.15, 0.2) is 0 Å². The van der Waals surface area contributed by atoms with Gasteiger partial charge in [0.2, 0.25) is 0 Å². The molecule has 0 aromatic carbocycles.